The Kier molecular flexibility index (Phi) is 4.82. The van der Waals surface area contributed by atoms with Crippen LogP contribution in [-0.4, -0.2) is 35.0 Å². The van der Waals surface area contributed by atoms with E-state index in [4.69, 9.17) is 9.52 Å². The molecular weight excluding hydrogens is 258 g/mol. The van der Waals surface area contributed by atoms with Crippen LogP contribution in [-0.2, 0) is 0 Å². The molecule has 0 saturated heterocycles. The zero-order valence-electron chi connectivity index (χ0n) is 11.8. The summed E-state index contributed by atoms with van der Waals surface area (Å²) < 4.78 is 5.08. The summed E-state index contributed by atoms with van der Waals surface area (Å²) in [5.74, 6) is -1.48. The van der Waals surface area contributed by atoms with Gasteiger partial charge in [-0.2, -0.15) is 0 Å². The maximum absolute atomic E-state index is 12.3. The van der Waals surface area contributed by atoms with Gasteiger partial charge in [-0.15, -0.1) is 0 Å². The highest BCUT2D eigenvalue weighted by atomic mass is 16.4. The highest BCUT2D eigenvalue weighted by molar-refractivity contribution is 5.93. The number of carboxylic acids is 1. The first-order valence-electron chi connectivity index (χ1n) is 7.20. The van der Waals surface area contributed by atoms with Gasteiger partial charge in [0.15, 0.2) is 5.76 Å². The predicted octanol–water partition coefficient (Wildman–Crippen LogP) is 3.16. The van der Waals surface area contributed by atoms with E-state index in [1.807, 2.05) is 0 Å². The van der Waals surface area contributed by atoms with Gasteiger partial charge in [0.05, 0.1) is 0 Å². The molecular formula is C15H21NO4. The lowest BCUT2D eigenvalue weighted by Crippen LogP contribution is -2.37. The van der Waals surface area contributed by atoms with E-state index in [2.05, 4.69) is 0 Å². The molecule has 0 unspecified atom stereocenters. The van der Waals surface area contributed by atoms with Gasteiger partial charge in [0.1, 0.15) is 0 Å². The number of amides is 1. The van der Waals surface area contributed by atoms with Gasteiger partial charge < -0.3 is 14.4 Å². The minimum Gasteiger partial charge on any atom is -0.475 e. The Labute approximate surface area is 118 Å². The van der Waals surface area contributed by atoms with Crippen LogP contribution in [0.5, 0.6) is 0 Å². The maximum atomic E-state index is 12.3. The topological polar surface area (TPSA) is 70.8 Å². The Hall–Kier alpha value is -1.78. The van der Waals surface area contributed by atoms with Gasteiger partial charge >= 0.3 is 5.97 Å². The van der Waals surface area contributed by atoms with Crippen LogP contribution < -0.4 is 0 Å². The second-order valence-corrected chi connectivity index (χ2v) is 5.38. The Morgan fingerprint density at radius 3 is 2.20 bits per heavy atom. The minimum absolute atomic E-state index is 0.104. The lowest BCUT2D eigenvalue weighted by molar-refractivity contribution is 0.0637. The molecule has 1 amide bonds. The second-order valence-electron chi connectivity index (χ2n) is 5.38. The summed E-state index contributed by atoms with van der Waals surface area (Å²) in [5, 5.41) is 8.82. The average molecular weight is 279 g/mol. The molecule has 0 aromatic carbocycles. The fourth-order valence-corrected chi connectivity index (χ4v) is 2.73. The van der Waals surface area contributed by atoms with E-state index in [9.17, 15) is 9.59 Å². The van der Waals surface area contributed by atoms with Crippen molar-refractivity contribution in [2.75, 3.05) is 7.05 Å². The largest absolute Gasteiger partial charge is 0.475 e. The van der Waals surface area contributed by atoms with E-state index in [0.717, 1.165) is 25.7 Å². The number of carbonyl (C=O) groups is 2. The van der Waals surface area contributed by atoms with E-state index in [-0.39, 0.29) is 23.5 Å². The summed E-state index contributed by atoms with van der Waals surface area (Å²) in [6, 6.07) is 2.98. The number of carboxylic acid groups (broad SMARTS) is 1. The summed E-state index contributed by atoms with van der Waals surface area (Å²) in [4.78, 5) is 24.8. The quantitative estimate of drug-likeness (QED) is 0.922. The van der Waals surface area contributed by atoms with Crippen LogP contribution in [0.2, 0.25) is 0 Å². The maximum Gasteiger partial charge on any atom is 0.371 e. The molecule has 0 radical (unpaired) electrons. The fraction of sp³-hybridized carbons (Fsp3) is 0.600. The zero-order chi connectivity index (χ0) is 14.5. The molecule has 1 aromatic rings. The summed E-state index contributed by atoms with van der Waals surface area (Å²) in [7, 11) is 1.78. The number of aromatic carboxylic acids is 1. The molecule has 0 atom stereocenters. The molecule has 1 aromatic heterocycles. The van der Waals surface area contributed by atoms with Gasteiger partial charge in [-0.25, -0.2) is 4.79 Å². The average Bonchev–Trinajstić information content (AvgIpc) is 2.86. The van der Waals surface area contributed by atoms with Crippen molar-refractivity contribution in [1.29, 1.82) is 0 Å². The van der Waals surface area contributed by atoms with Crippen molar-refractivity contribution in [2.24, 2.45) is 0 Å². The van der Waals surface area contributed by atoms with Gasteiger partial charge in [0.25, 0.3) is 5.91 Å². The number of furan rings is 1. The van der Waals surface area contributed by atoms with E-state index in [0.29, 0.717) is 0 Å². The molecule has 20 heavy (non-hydrogen) atoms. The van der Waals surface area contributed by atoms with E-state index >= 15 is 0 Å². The van der Waals surface area contributed by atoms with E-state index < -0.39 is 5.97 Å². The SMILES string of the molecule is CN(C(=O)c1ccc(C(=O)O)o1)C1CCCCCCC1. The first-order chi connectivity index (χ1) is 9.59. The van der Waals surface area contributed by atoms with Crippen LogP contribution in [0.25, 0.3) is 0 Å². The standard InChI is InChI=1S/C15H21NO4/c1-16(11-7-5-3-2-4-6-8-11)14(17)12-9-10-13(20-12)15(18)19/h9-11H,2-8H2,1H3,(H,18,19). The van der Waals surface area contributed by atoms with E-state index in [1.165, 1.54) is 31.4 Å². The minimum atomic E-state index is -1.15. The third kappa shape index (κ3) is 3.40. The van der Waals surface area contributed by atoms with Crippen molar-refractivity contribution < 1.29 is 19.1 Å². The number of nitrogens with zero attached hydrogens (tertiary/aromatic N) is 1. The molecule has 0 spiro atoms. The van der Waals surface area contributed by atoms with Crippen molar-refractivity contribution in [2.45, 2.75) is 51.0 Å². The summed E-state index contributed by atoms with van der Waals surface area (Å²) in [5.41, 5.74) is 0. The van der Waals surface area contributed by atoms with Crippen LogP contribution in [0.15, 0.2) is 16.5 Å². The van der Waals surface area contributed by atoms with Crippen molar-refractivity contribution >= 4 is 11.9 Å². The molecule has 1 heterocycles. The van der Waals surface area contributed by atoms with Gasteiger partial charge in [-0.3, -0.25) is 4.79 Å². The summed E-state index contributed by atoms with van der Waals surface area (Å²) in [6.07, 6.45) is 8.03. The Balaban J connectivity index is 2.04. The van der Waals surface area contributed by atoms with E-state index in [1.54, 1.807) is 11.9 Å². The number of hydrogen-bond acceptors (Lipinski definition) is 3. The normalized spacial score (nSPS) is 17.2. The van der Waals surface area contributed by atoms with Crippen LogP contribution in [0.3, 0.4) is 0 Å². The zero-order valence-corrected chi connectivity index (χ0v) is 11.8. The number of carbonyl (C=O) groups excluding carboxylic acids is 1. The van der Waals surface area contributed by atoms with Crippen LogP contribution in [0, 0.1) is 0 Å². The van der Waals surface area contributed by atoms with Gasteiger partial charge in [-0.1, -0.05) is 32.1 Å². The second kappa shape index (κ2) is 6.59. The lowest BCUT2D eigenvalue weighted by Gasteiger charge is -2.29. The van der Waals surface area contributed by atoms with Crippen LogP contribution >= 0.6 is 0 Å². The molecule has 1 saturated carbocycles. The van der Waals surface area contributed by atoms with Crippen molar-refractivity contribution in [3.63, 3.8) is 0 Å². The lowest BCUT2D eigenvalue weighted by atomic mass is 9.96. The molecule has 5 heteroatoms. The third-order valence-electron chi connectivity index (χ3n) is 3.97. The summed E-state index contributed by atoms with van der Waals surface area (Å²) in [6.45, 7) is 0. The highest BCUT2D eigenvalue weighted by Gasteiger charge is 2.24. The highest BCUT2D eigenvalue weighted by Crippen LogP contribution is 2.22. The molecule has 110 valence electrons. The van der Waals surface area contributed by atoms with Crippen molar-refractivity contribution in [3.05, 3.63) is 23.7 Å². The van der Waals surface area contributed by atoms with Gasteiger partial charge in [0, 0.05) is 13.1 Å². The van der Waals surface area contributed by atoms with Gasteiger partial charge in [0.2, 0.25) is 5.76 Å². The number of rotatable bonds is 3. The van der Waals surface area contributed by atoms with Crippen molar-refractivity contribution in [1.82, 2.24) is 4.90 Å². The molecule has 0 aliphatic heterocycles. The fourth-order valence-electron chi connectivity index (χ4n) is 2.73. The monoisotopic (exact) mass is 279 g/mol. The van der Waals surface area contributed by atoms with Crippen LogP contribution in [0.4, 0.5) is 0 Å². The first kappa shape index (κ1) is 14.6. The molecule has 0 bridgehead atoms. The molecule has 1 N–H and O–H groups in total. The Morgan fingerprint density at radius 2 is 1.65 bits per heavy atom. The molecule has 1 fully saturated rings. The molecule has 2 rings (SSSR count). The summed E-state index contributed by atoms with van der Waals surface area (Å²) >= 11 is 0. The molecule has 1 aliphatic carbocycles. The number of hydrogen-bond donors (Lipinski definition) is 1. The smallest absolute Gasteiger partial charge is 0.371 e. The van der Waals surface area contributed by atoms with Crippen molar-refractivity contribution in [3.8, 4) is 0 Å². The van der Waals surface area contributed by atoms with Crippen LogP contribution in [0.1, 0.15) is 66.1 Å². The predicted molar refractivity (Wildman–Crippen MR) is 73.9 cm³/mol. The molecule has 5 nitrogen and oxygen atoms in total. The van der Waals surface area contributed by atoms with Gasteiger partial charge in [-0.05, 0) is 25.0 Å². The Bertz CT molecular complexity index is 472. The third-order valence-corrected chi connectivity index (χ3v) is 3.97. The molecule has 1 aliphatic rings. The Morgan fingerprint density at radius 1 is 1.10 bits per heavy atom. The first-order valence-corrected chi connectivity index (χ1v) is 7.20.